The number of halogens is 1. The normalized spacial score (nSPS) is 11.8. The van der Waals surface area contributed by atoms with Crippen molar-refractivity contribution < 1.29 is 4.74 Å². The van der Waals surface area contributed by atoms with Crippen LogP contribution in [-0.2, 0) is 4.74 Å². The Bertz CT molecular complexity index is 858. The van der Waals surface area contributed by atoms with E-state index in [0.717, 1.165) is 17.1 Å². The van der Waals surface area contributed by atoms with Crippen LogP contribution in [0.3, 0.4) is 0 Å². The number of hydrogen-bond donors (Lipinski definition) is 2. The number of nitrogens with zero attached hydrogens (tertiary/aromatic N) is 4. The molecule has 0 fully saturated rings. The molecule has 1 aromatic carbocycles. The minimum Gasteiger partial charge on any atom is -0.383 e. The largest absolute Gasteiger partial charge is 0.383 e. The second-order valence-electron chi connectivity index (χ2n) is 5.70. The highest BCUT2D eigenvalue weighted by atomic mass is 35.5. The number of aromatic nitrogens is 4. The molecule has 2 N–H and O–H groups in total. The predicted molar refractivity (Wildman–Crippen MR) is 103 cm³/mol. The first kappa shape index (κ1) is 18.0. The molecular weight excluding hydrogens is 352 g/mol. The maximum Gasteiger partial charge on any atom is 0.230 e. The summed E-state index contributed by atoms with van der Waals surface area (Å²) in [6.07, 6.45) is 3.19. The van der Waals surface area contributed by atoms with Crippen molar-refractivity contribution in [2.75, 3.05) is 24.4 Å². The van der Waals surface area contributed by atoms with Crippen LogP contribution in [0.1, 0.15) is 6.92 Å². The minimum atomic E-state index is 0.142. The summed E-state index contributed by atoms with van der Waals surface area (Å²) < 4.78 is 5.13. The van der Waals surface area contributed by atoms with Gasteiger partial charge in [0.1, 0.15) is 12.1 Å². The molecule has 7 nitrogen and oxygen atoms in total. The van der Waals surface area contributed by atoms with E-state index in [0.29, 0.717) is 23.4 Å². The molecule has 0 aliphatic rings. The molecule has 0 radical (unpaired) electrons. The summed E-state index contributed by atoms with van der Waals surface area (Å²) in [5.74, 6) is 1.75. The van der Waals surface area contributed by atoms with Crippen molar-refractivity contribution in [3.05, 3.63) is 53.9 Å². The van der Waals surface area contributed by atoms with Gasteiger partial charge in [-0.15, -0.1) is 0 Å². The molecule has 0 amide bonds. The molecule has 0 saturated heterocycles. The van der Waals surface area contributed by atoms with Gasteiger partial charge in [0.25, 0.3) is 0 Å². The van der Waals surface area contributed by atoms with E-state index in [1.165, 1.54) is 6.33 Å². The van der Waals surface area contributed by atoms with Crippen molar-refractivity contribution in [3.63, 3.8) is 0 Å². The number of hydrogen-bond acceptors (Lipinski definition) is 7. The Hall–Kier alpha value is -2.77. The van der Waals surface area contributed by atoms with E-state index in [1.807, 2.05) is 31.2 Å². The van der Waals surface area contributed by atoms with E-state index >= 15 is 0 Å². The maximum atomic E-state index is 5.90. The van der Waals surface area contributed by atoms with E-state index in [4.69, 9.17) is 16.3 Å². The lowest BCUT2D eigenvalue weighted by Crippen LogP contribution is -2.21. The lowest BCUT2D eigenvalue weighted by Gasteiger charge is -2.13. The summed E-state index contributed by atoms with van der Waals surface area (Å²) in [5.41, 5.74) is 1.69. The number of anilines is 3. The quantitative estimate of drug-likeness (QED) is 0.654. The van der Waals surface area contributed by atoms with Gasteiger partial charge >= 0.3 is 0 Å². The second kappa shape index (κ2) is 8.55. The Labute approximate surface area is 156 Å². The molecule has 2 heterocycles. The number of rotatable bonds is 7. The zero-order valence-electron chi connectivity index (χ0n) is 14.5. The standard InChI is InChI=1S/C18H19ClN6O/c1-12(10-26-2)23-16-9-13(7-8-20-16)17-21-11-22-18(25-17)24-15-5-3-14(19)4-6-15/h3-9,11-12H,10H2,1-2H3,(H,20,23)(H,21,22,24,25). The third kappa shape index (κ3) is 4.87. The number of nitrogens with one attached hydrogen (secondary N) is 2. The number of benzene rings is 1. The van der Waals surface area contributed by atoms with E-state index in [2.05, 4.69) is 30.6 Å². The van der Waals surface area contributed by atoms with Crippen LogP contribution in [0.2, 0.25) is 5.02 Å². The summed E-state index contributed by atoms with van der Waals surface area (Å²) >= 11 is 5.90. The Morgan fingerprint density at radius 2 is 1.92 bits per heavy atom. The van der Waals surface area contributed by atoms with Crippen LogP contribution in [0.4, 0.5) is 17.5 Å². The van der Waals surface area contributed by atoms with Gasteiger partial charge in [-0.1, -0.05) is 11.6 Å². The smallest absolute Gasteiger partial charge is 0.230 e. The zero-order valence-corrected chi connectivity index (χ0v) is 15.2. The van der Waals surface area contributed by atoms with Crippen LogP contribution in [0.15, 0.2) is 48.9 Å². The van der Waals surface area contributed by atoms with Gasteiger partial charge in [0.2, 0.25) is 5.95 Å². The van der Waals surface area contributed by atoms with Gasteiger partial charge in [-0.25, -0.2) is 15.0 Å². The SMILES string of the molecule is COCC(C)Nc1cc(-c2ncnc(Nc3ccc(Cl)cc3)n2)ccn1. The summed E-state index contributed by atoms with van der Waals surface area (Å²) in [4.78, 5) is 17.2. The molecule has 8 heteroatoms. The lowest BCUT2D eigenvalue weighted by atomic mass is 10.2. The molecular formula is C18H19ClN6O. The highest BCUT2D eigenvalue weighted by molar-refractivity contribution is 6.30. The molecule has 0 saturated carbocycles. The third-order valence-corrected chi connectivity index (χ3v) is 3.75. The van der Waals surface area contributed by atoms with Crippen LogP contribution >= 0.6 is 11.6 Å². The van der Waals surface area contributed by atoms with E-state index in [-0.39, 0.29) is 6.04 Å². The van der Waals surface area contributed by atoms with Crippen LogP contribution in [-0.4, -0.2) is 39.7 Å². The molecule has 0 aliphatic heterocycles. The van der Waals surface area contributed by atoms with Crippen LogP contribution in [0.25, 0.3) is 11.4 Å². The summed E-state index contributed by atoms with van der Waals surface area (Å²) in [7, 11) is 1.67. The molecule has 26 heavy (non-hydrogen) atoms. The lowest BCUT2D eigenvalue weighted by molar-refractivity contribution is 0.190. The summed E-state index contributed by atoms with van der Waals surface area (Å²) in [6.45, 7) is 2.61. The first-order valence-electron chi connectivity index (χ1n) is 8.07. The highest BCUT2D eigenvalue weighted by Crippen LogP contribution is 2.20. The van der Waals surface area contributed by atoms with Crippen molar-refractivity contribution >= 4 is 29.1 Å². The topological polar surface area (TPSA) is 84.9 Å². The molecule has 3 aromatic rings. The van der Waals surface area contributed by atoms with Crippen LogP contribution in [0.5, 0.6) is 0 Å². The monoisotopic (exact) mass is 370 g/mol. The molecule has 1 unspecified atom stereocenters. The highest BCUT2D eigenvalue weighted by Gasteiger charge is 2.08. The van der Waals surface area contributed by atoms with Crippen molar-refractivity contribution in [2.24, 2.45) is 0 Å². The number of ether oxygens (including phenoxy) is 1. The van der Waals surface area contributed by atoms with E-state index in [1.54, 1.807) is 25.4 Å². The zero-order chi connectivity index (χ0) is 18.4. The van der Waals surface area contributed by atoms with Gasteiger partial charge in [-0.2, -0.15) is 4.98 Å². The number of pyridine rings is 1. The van der Waals surface area contributed by atoms with Gasteiger partial charge in [-0.05, 0) is 43.3 Å². The fraction of sp³-hybridized carbons (Fsp3) is 0.222. The molecule has 0 bridgehead atoms. The predicted octanol–water partition coefficient (Wildman–Crippen LogP) is 3.78. The average molecular weight is 371 g/mol. The van der Waals surface area contributed by atoms with Gasteiger partial charge in [0.05, 0.1) is 6.61 Å². The Morgan fingerprint density at radius 3 is 2.69 bits per heavy atom. The van der Waals surface area contributed by atoms with Gasteiger partial charge in [0, 0.05) is 35.6 Å². The molecule has 0 aliphatic carbocycles. The van der Waals surface area contributed by atoms with Gasteiger partial charge < -0.3 is 15.4 Å². The van der Waals surface area contributed by atoms with Crippen LogP contribution in [0, 0.1) is 0 Å². The van der Waals surface area contributed by atoms with Crippen molar-refractivity contribution in [1.29, 1.82) is 0 Å². The van der Waals surface area contributed by atoms with Crippen molar-refractivity contribution in [3.8, 4) is 11.4 Å². The van der Waals surface area contributed by atoms with Crippen molar-refractivity contribution in [1.82, 2.24) is 19.9 Å². The fourth-order valence-electron chi connectivity index (χ4n) is 2.35. The molecule has 2 aromatic heterocycles. The first-order valence-corrected chi connectivity index (χ1v) is 8.45. The molecule has 0 spiro atoms. The van der Waals surface area contributed by atoms with Gasteiger partial charge in [-0.3, -0.25) is 0 Å². The van der Waals surface area contributed by atoms with Crippen LogP contribution < -0.4 is 10.6 Å². The fourth-order valence-corrected chi connectivity index (χ4v) is 2.48. The second-order valence-corrected chi connectivity index (χ2v) is 6.13. The van der Waals surface area contributed by atoms with E-state index in [9.17, 15) is 0 Å². The summed E-state index contributed by atoms with van der Waals surface area (Å²) in [6, 6.07) is 11.2. The average Bonchev–Trinajstić information content (AvgIpc) is 2.64. The first-order chi connectivity index (χ1) is 12.6. The van der Waals surface area contributed by atoms with E-state index < -0.39 is 0 Å². The Kier molecular flexibility index (Phi) is 5.93. The Balaban J connectivity index is 1.78. The Morgan fingerprint density at radius 1 is 1.12 bits per heavy atom. The van der Waals surface area contributed by atoms with Gasteiger partial charge in [0.15, 0.2) is 5.82 Å². The molecule has 1 atom stereocenters. The molecule has 3 rings (SSSR count). The van der Waals surface area contributed by atoms with Crippen molar-refractivity contribution in [2.45, 2.75) is 13.0 Å². The minimum absolute atomic E-state index is 0.142. The third-order valence-electron chi connectivity index (χ3n) is 3.50. The summed E-state index contributed by atoms with van der Waals surface area (Å²) in [5, 5.41) is 7.09. The maximum absolute atomic E-state index is 5.90. The number of methoxy groups -OCH3 is 1. The molecule has 134 valence electrons.